The van der Waals surface area contributed by atoms with Crippen molar-refractivity contribution >= 4 is 0 Å². The van der Waals surface area contributed by atoms with Gasteiger partial charge in [-0.2, -0.15) is 0 Å². The molecule has 0 aromatic rings. The summed E-state index contributed by atoms with van der Waals surface area (Å²) in [5.74, 6) is 0. The minimum absolute atomic E-state index is 0.523. The maximum absolute atomic E-state index is 9.21. The minimum Gasteiger partial charge on any atom is -0.394 e. The molecule has 12 heavy (non-hydrogen) atoms. The monoisotopic (exact) mass is 182 g/mol. The van der Waals surface area contributed by atoms with Crippen LogP contribution in [0.4, 0.5) is 0 Å². The predicted octanol–water partition coefficient (Wildman–Crippen LogP) is -3.22. The van der Waals surface area contributed by atoms with Gasteiger partial charge < -0.3 is 30.3 Å². The molecule has 0 saturated carbocycles. The molecule has 5 N–H and O–H groups in total. The average molecular weight is 182 g/mol. The molecule has 0 spiro atoms. The summed E-state index contributed by atoms with van der Waals surface area (Å²) in [4.78, 5) is 0. The summed E-state index contributed by atoms with van der Waals surface area (Å²) in [6.07, 6.45) is -6.76. The van der Waals surface area contributed by atoms with Crippen LogP contribution in [0.5, 0.6) is 0 Å². The molecule has 1 heterocycles. The summed E-state index contributed by atoms with van der Waals surface area (Å²) >= 11 is 0. The van der Waals surface area contributed by atoms with Gasteiger partial charge in [0.25, 0.3) is 0 Å². The van der Waals surface area contributed by atoms with Gasteiger partial charge in [0.2, 0.25) is 1.43 Å². The highest BCUT2D eigenvalue weighted by Crippen LogP contribution is 2.18. The Morgan fingerprint density at radius 3 is 2.33 bits per heavy atom. The lowest BCUT2D eigenvalue weighted by Gasteiger charge is -2.37. The second-order valence-electron chi connectivity index (χ2n) is 2.70. The Morgan fingerprint density at radius 1 is 1.17 bits per heavy atom. The standard InChI is InChI=1S/C6H12O6/c7-1-2-3(8)4(9)5(10)6(11)12-2/h2-11H,1H2/t2?,3-,4-,5?,6+/m0/s1/i11T. The first-order chi connectivity index (χ1) is 6.11. The van der Waals surface area contributed by atoms with Gasteiger partial charge in [-0.15, -0.1) is 0 Å². The van der Waals surface area contributed by atoms with E-state index in [-0.39, 0.29) is 0 Å². The smallest absolute Gasteiger partial charge is 0.213 e. The molecule has 1 fully saturated rings. The Balaban J connectivity index is 2.66. The summed E-state index contributed by atoms with van der Waals surface area (Å²) in [6, 6.07) is 0. The molecule has 1 aliphatic heterocycles. The van der Waals surface area contributed by atoms with Gasteiger partial charge in [0.15, 0.2) is 6.29 Å². The highest BCUT2D eigenvalue weighted by molar-refractivity contribution is 4.87. The third-order valence-corrected chi connectivity index (χ3v) is 1.85. The van der Waals surface area contributed by atoms with Gasteiger partial charge in [-0.3, -0.25) is 0 Å². The number of aliphatic hydroxyl groups is 5. The first-order valence-corrected chi connectivity index (χ1v) is 3.54. The Labute approximate surface area is 70.1 Å². The predicted molar refractivity (Wildman–Crippen MR) is 36.0 cm³/mol. The molecule has 6 nitrogen and oxygen atoms in total. The largest absolute Gasteiger partial charge is 0.394 e. The maximum atomic E-state index is 9.21. The molecular weight excluding hydrogens is 168 g/mol. The van der Waals surface area contributed by atoms with Crippen LogP contribution in [-0.2, 0) is 4.74 Å². The molecule has 1 saturated heterocycles. The van der Waals surface area contributed by atoms with Crippen LogP contribution >= 0.6 is 0 Å². The fraction of sp³-hybridized carbons (Fsp3) is 1.00. The second-order valence-corrected chi connectivity index (χ2v) is 2.70. The van der Waals surface area contributed by atoms with Crippen molar-refractivity contribution in [2.24, 2.45) is 0 Å². The number of hydrogen-bond acceptors (Lipinski definition) is 6. The van der Waals surface area contributed by atoms with Gasteiger partial charge in [0, 0.05) is 0 Å². The van der Waals surface area contributed by atoms with E-state index in [1.54, 1.807) is 0 Å². The molecule has 0 aromatic heterocycles. The zero-order valence-corrected chi connectivity index (χ0v) is 6.20. The third-order valence-electron chi connectivity index (χ3n) is 1.85. The lowest BCUT2D eigenvalue weighted by Crippen LogP contribution is -2.58. The van der Waals surface area contributed by atoms with E-state index in [4.69, 9.17) is 16.4 Å². The van der Waals surface area contributed by atoms with E-state index in [0.717, 1.165) is 0 Å². The van der Waals surface area contributed by atoms with Crippen molar-refractivity contribution in [3.8, 4) is 0 Å². The van der Waals surface area contributed by atoms with E-state index < -0.39 is 37.3 Å². The molecular formula is C6H12O6. The SMILES string of the molecule is [3H]O[C@@H]1OC(CO)[C@H](O)[C@H](O)C1O. The van der Waals surface area contributed by atoms with Crippen LogP contribution in [0.15, 0.2) is 0 Å². The van der Waals surface area contributed by atoms with Crippen molar-refractivity contribution in [2.75, 3.05) is 6.61 Å². The quantitative estimate of drug-likeness (QED) is 0.307. The van der Waals surface area contributed by atoms with Crippen LogP contribution in [0.1, 0.15) is 0 Å². The Morgan fingerprint density at radius 2 is 1.83 bits per heavy atom. The molecule has 5 atom stereocenters. The number of aliphatic hydroxyl groups excluding tert-OH is 5. The van der Waals surface area contributed by atoms with Crippen molar-refractivity contribution < 1.29 is 30.3 Å². The van der Waals surface area contributed by atoms with Gasteiger partial charge in [-0.1, -0.05) is 0 Å². The Kier molecular flexibility index (Phi) is 2.54. The fourth-order valence-electron chi connectivity index (χ4n) is 1.07. The molecule has 2 unspecified atom stereocenters. The molecule has 0 amide bonds. The summed E-state index contributed by atoms with van der Waals surface area (Å²) in [5, 5.41) is 40.2. The Bertz CT molecular complexity index is 147. The lowest BCUT2D eigenvalue weighted by molar-refractivity contribution is -0.286. The summed E-state index contributed by atoms with van der Waals surface area (Å²) in [6.45, 7) is -0.523. The van der Waals surface area contributed by atoms with Crippen LogP contribution in [0.25, 0.3) is 0 Å². The molecule has 0 bridgehead atoms. The minimum atomic E-state index is -1.49. The van der Waals surface area contributed by atoms with Gasteiger partial charge in [0.05, 0.1) is 6.61 Å². The van der Waals surface area contributed by atoms with Crippen molar-refractivity contribution in [1.29, 1.82) is 1.43 Å². The van der Waals surface area contributed by atoms with Crippen LogP contribution in [0.2, 0.25) is 0 Å². The van der Waals surface area contributed by atoms with E-state index in [1.165, 1.54) is 0 Å². The fourth-order valence-corrected chi connectivity index (χ4v) is 1.07. The molecule has 72 valence electrons. The molecule has 0 radical (unpaired) electrons. The molecule has 0 aromatic carbocycles. The van der Waals surface area contributed by atoms with Gasteiger partial charge in [-0.05, 0) is 0 Å². The topological polar surface area (TPSA) is 110 Å². The van der Waals surface area contributed by atoms with Gasteiger partial charge >= 0.3 is 0 Å². The Hall–Kier alpha value is -0.240. The van der Waals surface area contributed by atoms with E-state index in [1.807, 2.05) is 0 Å². The van der Waals surface area contributed by atoms with E-state index >= 15 is 0 Å². The third kappa shape index (κ3) is 1.58. The van der Waals surface area contributed by atoms with Crippen LogP contribution in [0.3, 0.4) is 0 Å². The van der Waals surface area contributed by atoms with Crippen LogP contribution in [-0.4, -0.2) is 64.3 Å². The highest BCUT2D eigenvalue weighted by atomic mass is 16.6. The first-order valence-electron chi connectivity index (χ1n) is 3.95. The summed E-state index contributed by atoms with van der Waals surface area (Å²) in [7, 11) is 0. The van der Waals surface area contributed by atoms with Crippen molar-refractivity contribution in [2.45, 2.75) is 30.7 Å². The van der Waals surface area contributed by atoms with E-state index in [0.29, 0.717) is 0 Å². The van der Waals surface area contributed by atoms with Crippen LogP contribution < -0.4 is 0 Å². The van der Waals surface area contributed by atoms with Gasteiger partial charge in [-0.25, -0.2) is 0 Å². The van der Waals surface area contributed by atoms with E-state index in [9.17, 15) is 10.2 Å². The molecule has 1 aliphatic rings. The molecule has 0 aliphatic carbocycles. The maximum Gasteiger partial charge on any atom is 0.213 e. The zero-order valence-electron chi connectivity index (χ0n) is 7.20. The molecule has 1 rings (SSSR count). The lowest BCUT2D eigenvalue weighted by atomic mass is 10.00. The summed E-state index contributed by atoms with van der Waals surface area (Å²) in [5.41, 5.74) is 0. The average Bonchev–Trinajstić information content (AvgIpc) is 2.15. The first kappa shape index (κ1) is 8.36. The van der Waals surface area contributed by atoms with Crippen molar-refractivity contribution in [3.05, 3.63) is 0 Å². The van der Waals surface area contributed by atoms with Gasteiger partial charge in [0.1, 0.15) is 24.4 Å². The van der Waals surface area contributed by atoms with Crippen molar-refractivity contribution in [1.82, 2.24) is 0 Å². The zero-order chi connectivity index (χ0) is 10.0. The van der Waals surface area contributed by atoms with Crippen LogP contribution in [0, 0.1) is 0 Å². The second kappa shape index (κ2) is 3.65. The normalized spacial score (nSPS) is 50.3. The van der Waals surface area contributed by atoms with E-state index in [2.05, 4.69) is 5.11 Å². The highest BCUT2D eigenvalue weighted by Gasteiger charge is 2.42. The van der Waals surface area contributed by atoms with Crippen molar-refractivity contribution in [3.63, 3.8) is 0 Å². The summed E-state index contributed by atoms with van der Waals surface area (Å²) < 4.78 is 11.2. The molecule has 6 heteroatoms. The number of rotatable bonds is 2. The number of hydrogen-bond donors (Lipinski definition) is 5. The number of ether oxygens (including phenoxy) is 1.